The summed E-state index contributed by atoms with van der Waals surface area (Å²) in [6.45, 7) is 5.53. The van der Waals surface area contributed by atoms with Gasteiger partial charge in [-0.3, -0.25) is 4.79 Å². The highest BCUT2D eigenvalue weighted by atomic mass is 16.5. The highest BCUT2D eigenvalue weighted by molar-refractivity contribution is 5.81. The normalized spacial score (nSPS) is 17.5. The zero-order chi connectivity index (χ0) is 20.2. The Balaban J connectivity index is 1.28. The second-order valence-electron chi connectivity index (χ2n) is 7.99. The van der Waals surface area contributed by atoms with E-state index < -0.39 is 6.10 Å². The highest BCUT2D eigenvalue weighted by Gasteiger charge is 2.29. The van der Waals surface area contributed by atoms with E-state index in [1.807, 2.05) is 4.90 Å². The fraction of sp³-hybridized carbons (Fsp3) is 0.417. The smallest absolute Gasteiger partial charge is 0.263 e. The number of ether oxygens (including phenoxy) is 1. The number of likely N-dealkylation sites (tertiary alicyclic amines) is 1. The van der Waals surface area contributed by atoms with Crippen LogP contribution in [0.5, 0.6) is 5.75 Å². The molecule has 0 aliphatic carbocycles. The summed E-state index contributed by atoms with van der Waals surface area (Å²) in [6.07, 6.45) is 2.64. The molecule has 0 spiro atoms. The number of benzene rings is 2. The molecule has 2 aromatic carbocycles. The molecule has 29 heavy (non-hydrogen) atoms. The lowest BCUT2D eigenvalue weighted by Crippen LogP contribution is -2.46. The number of hydrogen-bond donors (Lipinski definition) is 0. The van der Waals surface area contributed by atoms with Crippen molar-refractivity contribution in [1.29, 1.82) is 5.26 Å². The van der Waals surface area contributed by atoms with Crippen LogP contribution in [0.3, 0.4) is 0 Å². The topological polar surface area (TPSA) is 56.6 Å². The molecule has 2 heterocycles. The van der Waals surface area contributed by atoms with E-state index in [1.54, 1.807) is 31.2 Å². The summed E-state index contributed by atoms with van der Waals surface area (Å²) in [6, 6.07) is 17.7. The van der Waals surface area contributed by atoms with E-state index in [0.29, 0.717) is 17.2 Å². The predicted molar refractivity (Wildman–Crippen MR) is 113 cm³/mol. The lowest BCUT2D eigenvalue weighted by molar-refractivity contribution is -0.139. The van der Waals surface area contributed by atoms with Crippen LogP contribution in [0.4, 0.5) is 5.69 Å². The zero-order valence-corrected chi connectivity index (χ0v) is 16.9. The van der Waals surface area contributed by atoms with Gasteiger partial charge in [-0.15, -0.1) is 0 Å². The largest absolute Gasteiger partial charge is 0.481 e. The van der Waals surface area contributed by atoms with Gasteiger partial charge in [0.2, 0.25) is 0 Å². The van der Waals surface area contributed by atoms with Crippen LogP contribution in [-0.4, -0.2) is 43.1 Å². The number of fused-ring (bicyclic) bond motifs is 1. The lowest BCUT2D eigenvalue weighted by atomic mass is 9.95. The van der Waals surface area contributed by atoms with Gasteiger partial charge in [-0.2, -0.15) is 5.26 Å². The summed E-state index contributed by atoms with van der Waals surface area (Å²) in [5.74, 6) is 1.21. The van der Waals surface area contributed by atoms with Crippen molar-refractivity contribution in [3.05, 3.63) is 59.7 Å². The average molecular weight is 389 g/mol. The Morgan fingerprint density at radius 1 is 1.17 bits per heavy atom. The van der Waals surface area contributed by atoms with E-state index in [1.165, 1.54) is 11.3 Å². The molecule has 1 saturated heterocycles. The third kappa shape index (κ3) is 4.37. The summed E-state index contributed by atoms with van der Waals surface area (Å²) in [7, 11) is 0. The Morgan fingerprint density at radius 2 is 1.97 bits per heavy atom. The number of para-hydroxylation sites is 1. The summed E-state index contributed by atoms with van der Waals surface area (Å²) < 4.78 is 5.79. The minimum atomic E-state index is -0.550. The van der Waals surface area contributed by atoms with Crippen molar-refractivity contribution in [3.63, 3.8) is 0 Å². The Hall–Kier alpha value is -3.00. The van der Waals surface area contributed by atoms with E-state index in [9.17, 15) is 4.79 Å². The van der Waals surface area contributed by atoms with Crippen molar-refractivity contribution in [3.8, 4) is 11.8 Å². The molecule has 2 aliphatic heterocycles. The number of hydrogen-bond acceptors (Lipinski definition) is 4. The molecule has 0 N–H and O–H groups in total. The molecule has 0 radical (unpaired) electrons. The van der Waals surface area contributed by atoms with Gasteiger partial charge in [-0.1, -0.05) is 24.3 Å². The molecule has 0 aromatic heterocycles. The second kappa shape index (κ2) is 8.57. The van der Waals surface area contributed by atoms with Crippen LogP contribution in [-0.2, 0) is 11.2 Å². The van der Waals surface area contributed by atoms with E-state index in [4.69, 9.17) is 10.00 Å². The van der Waals surface area contributed by atoms with E-state index in [2.05, 4.69) is 35.2 Å². The van der Waals surface area contributed by atoms with Crippen LogP contribution in [0.25, 0.3) is 0 Å². The zero-order valence-electron chi connectivity index (χ0n) is 16.9. The maximum atomic E-state index is 12.8. The molecular weight excluding hydrogens is 362 g/mol. The van der Waals surface area contributed by atoms with Crippen LogP contribution in [0.1, 0.15) is 30.9 Å². The SMILES string of the molecule is CC(Oc1cccc(C#N)c1)C(=O)N1CCC(CN2CCc3ccccc32)CC1. The first-order chi connectivity index (χ1) is 14.1. The highest BCUT2D eigenvalue weighted by Crippen LogP contribution is 2.30. The molecule has 1 amide bonds. The van der Waals surface area contributed by atoms with Crippen molar-refractivity contribution >= 4 is 11.6 Å². The number of piperidine rings is 1. The Kier molecular flexibility index (Phi) is 5.71. The van der Waals surface area contributed by atoms with Gasteiger partial charge in [0, 0.05) is 31.9 Å². The molecule has 5 nitrogen and oxygen atoms in total. The quantitative estimate of drug-likeness (QED) is 0.784. The lowest BCUT2D eigenvalue weighted by Gasteiger charge is -2.35. The van der Waals surface area contributed by atoms with Crippen LogP contribution < -0.4 is 9.64 Å². The Bertz CT molecular complexity index is 912. The summed E-state index contributed by atoms with van der Waals surface area (Å²) in [4.78, 5) is 17.2. The number of nitriles is 1. The third-order valence-corrected chi connectivity index (χ3v) is 6.01. The summed E-state index contributed by atoms with van der Waals surface area (Å²) in [5, 5.41) is 9.01. The fourth-order valence-electron chi connectivity index (χ4n) is 4.39. The first kappa shape index (κ1) is 19.3. The number of carbonyl (C=O) groups excluding carboxylic acids is 1. The van der Waals surface area contributed by atoms with Crippen LogP contribution >= 0.6 is 0 Å². The van der Waals surface area contributed by atoms with E-state index in [0.717, 1.165) is 45.4 Å². The molecule has 1 atom stereocenters. The minimum Gasteiger partial charge on any atom is -0.481 e. The number of anilines is 1. The molecule has 2 aliphatic rings. The maximum absolute atomic E-state index is 12.8. The molecule has 0 bridgehead atoms. The molecular formula is C24H27N3O2. The number of carbonyl (C=O) groups is 1. The molecule has 1 unspecified atom stereocenters. The van der Waals surface area contributed by atoms with Crippen LogP contribution in [0.15, 0.2) is 48.5 Å². The standard InChI is InChI=1S/C24H27N3O2/c1-18(29-22-7-4-5-20(15-22)16-25)24(28)26-12-9-19(10-13-26)17-27-14-11-21-6-2-3-8-23(21)27/h2-8,15,18-19H,9-14,17H2,1H3. The first-order valence-corrected chi connectivity index (χ1v) is 10.4. The maximum Gasteiger partial charge on any atom is 0.263 e. The average Bonchev–Trinajstić information content (AvgIpc) is 3.17. The first-order valence-electron chi connectivity index (χ1n) is 10.4. The number of amides is 1. The van der Waals surface area contributed by atoms with Gasteiger partial charge in [-0.05, 0) is 61.9 Å². The van der Waals surface area contributed by atoms with Crippen molar-refractivity contribution in [2.45, 2.75) is 32.3 Å². The molecule has 0 saturated carbocycles. The fourth-order valence-corrected chi connectivity index (χ4v) is 4.39. The van der Waals surface area contributed by atoms with E-state index >= 15 is 0 Å². The van der Waals surface area contributed by atoms with Crippen LogP contribution in [0.2, 0.25) is 0 Å². The second-order valence-corrected chi connectivity index (χ2v) is 7.99. The van der Waals surface area contributed by atoms with Crippen molar-refractivity contribution in [1.82, 2.24) is 4.90 Å². The summed E-state index contributed by atoms with van der Waals surface area (Å²) in [5.41, 5.74) is 3.37. The van der Waals surface area contributed by atoms with Gasteiger partial charge in [0.25, 0.3) is 5.91 Å². The van der Waals surface area contributed by atoms with Crippen molar-refractivity contribution < 1.29 is 9.53 Å². The van der Waals surface area contributed by atoms with Gasteiger partial charge in [0.1, 0.15) is 5.75 Å². The number of rotatable bonds is 5. The molecule has 1 fully saturated rings. The van der Waals surface area contributed by atoms with Crippen molar-refractivity contribution in [2.24, 2.45) is 5.92 Å². The third-order valence-electron chi connectivity index (χ3n) is 6.01. The molecule has 2 aromatic rings. The molecule has 150 valence electrons. The molecule has 4 rings (SSSR count). The number of nitrogens with zero attached hydrogens (tertiary/aromatic N) is 3. The predicted octanol–water partition coefficient (Wildman–Crippen LogP) is 3.63. The monoisotopic (exact) mass is 389 g/mol. The van der Waals surface area contributed by atoms with Gasteiger partial charge in [0.05, 0.1) is 11.6 Å². The minimum absolute atomic E-state index is 0.0253. The van der Waals surface area contributed by atoms with Gasteiger partial charge >= 0.3 is 0 Å². The molecule has 5 heteroatoms. The Labute approximate surface area is 172 Å². The summed E-state index contributed by atoms with van der Waals surface area (Å²) >= 11 is 0. The van der Waals surface area contributed by atoms with Crippen LogP contribution in [0, 0.1) is 17.2 Å². The van der Waals surface area contributed by atoms with E-state index in [-0.39, 0.29) is 5.91 Å². The Morgan fingerprint density at radius 3 is 2.76 bits per heavy atom. The van der Waals surface area contributed by atoms with Gasteiger partial charge < -0.3 is 14.5 Å². The van der Waals surface area contributed by atoms with Gasteiger partial charge in [0.15, 0.2) is 6.10 Å². The van der Waals surface area contributed by atoms with Crippen molar-refractivity contribution in [2.75, 3.05) is 31.1 Å². The van der Waals surface area contributed by atoms with Gasteiger partial charge in [-0.25, -0.2) is 0 Å².